The van der Waals surface area contributed by atoms with Crippen LogP contribution in [0.2, 0.25) is 0 Å². The van der Waals surface area contributed by atoms with Gasteiger partial charge in [0, 0.05) is 5.56 Å². The largest absolute Gasteiger partial charge is 0.485 e. The molecule has 3 rings (SSSR count). The van der Waals surface area contributed by atoms with E-state index in [4.69, 9.17) is 19.3 Å². The summed E-state index contributed by atoms with van der Waals surface area (Å²) in [5.41, 5.74) is 3.67. The van der Waals surface area contributed by atoms with Crippen molar-refractivity contribution in [3.8, 4) is 17.2 Å². The molecule has 0 unspecified atom stereocenters. The van der Waals surface area contributed by atoms with Gasteiger partial charge in [0.25, 0.3) is 5.91 Å². The number of hydrogen-bond acceptors (Lipinski definition) is 6. The number of amides is 1. The zero-order chi connectivity index (χ0) is 19.2. The van der Waals surface area contributed by atoms with Crippen molar-refractivity contribution in [2.24, 2.45) is 5.10 Å². The molecule has 0 saturated carbocycles. The van der Waals surface area contributed by atoms with E-state index in [1.54, 1.807) is 49.4 Å². The van der Waals surface area contributed by atoms with Gasteiger partial charge in [-0.3, -0.25) is 4.79 Å². The third-order valence-electron chi connectivity index (χ3n) is 3.75. The third kappa shape index (κ3) is 4.75. The standard InChI is InChI=1S/C19H18N2O6/c1-12(13-5-4-6-14(9-13)25-11-18(22)23)20-21-19(24)17-10-26-15-7-2-3-8-16(15)27-17/h2-9,17H,10-11H2,1H3,(H,21,24)(H,22,23)/b20-12-/t17-/m1/s1. The number of aliphatic carboxylic acids is 1. The molecule has 2 N–H and O–H groups in total. The van der Waals surface area contributed by atoms with E-state index >= 15 is 0 Å². The molecule has 0 saturated heterocycles. The molecule has 0 aromatic heterocycles. The van der Waals surface area contributed by atoms with Gasteiger partial charge < -0.3 is 19.3 Å². The normalized spacial score (nSPS) is 15.7. The van der Waals surface area contributed by atoms with Gasteiger partial charge in [-0.1, -0.05) is 24.3 Å². The summed E-state index contributed by atoms with van der Waals surface area (Å²) in [7, 11) is 0. The SMILES string of the molecule is C/C(=N/NC(=O)[C@H]1COc2ccccc2O1)c1cccc(OCC(=O)O)c1. The monoisotopic (exact) mass is 370 g/mol. The molecule has 1 amide bonds. The van der Waals surface area contributed by atoms with Crippen LogP contribution in [0.25, 0.3) is 0 Å². The Balaban J connectivity index is 1.61. The second kappa shape index (κ2) is 8.22. The van der Waals surface area contributed by atoms with E-state index in [2.05, 4.69) is 10.5 Å². The van der Waals surface area contributed by atoms with Crippen LogP contribution in [0.3, 0.4) is 0 Å². The number of carboxylic acid groups (broad SMARTS) is 1. The number of nitrogens with one attached hydrogen (secondary N) is 1. The average Bonchev–Trinajstić information content (AvgIpc) is 2.70. The average molecular weight is 370 g/mol. The van der Waals surface area contributed by atoms with E-state index in [1.807, 2.05) is 6.07 Å². The fourth-order valence-corrected chi connectivity index (χ4v) is 2.38. The maximum absolute atomic E-state index is 12.3. The van der Waals surface area contributed by atoms with Crippen molar-refractivity contribution in [3.05, 3.63) is 54.1 Å². The fourth-order valence-electron chi connectivity index (χ4n) is 2.38. The summed E-state index contributed by atoms with van der Waals surface area (Å²) in [6, 6.07) is 13.9. The van der Waals surface area contributed by atoms with Crippen LogP contribution in [-0.4, -0.2) is 42.0 Å². The Hall–Kier alpha value is -3.55. The van der Waals surface area contributed by atoms with Gasteiger partial charge in [0.1, 0.15) is 12.4 Å². The second-order valence-corrected chi connectivity index (χ2v) is 5.75. The molecule has 1 aliphatic rings. The van der Waals surface area contributed by atoms with Crippen molar-refractivity contribution in [1.29, 1.82) is 0 Å². The summed E-state index contributed by atoms with van der Waals surface area (Å²) in [5.74, 6) is 0.0140. The quantitative estimate of drug-likeness (QED) is 0.594. The molecule has 2 aromatic rings. The summed E-state index contributed by atoms with van der Waals surface area (Å²) in [6.07, 6.45) is -0.804. The number of hydrogen-bond donors (Lipinski definition) is 2. The van der Waals surface area contributed by atoms with Gasteiger partial charge in [-0.2, -0.15) is 5.10 Å². The first kappa shape index (κ1) is 18.2. The molecule has 0 fully saturated rings. The lowest BCUT2D eigenvalue weighted by Gasteiger charge is -2.24. The van der Waals surface area contributed by atoms with Crippen LogP contribution < -0.4 is 19.6 Å². The molecule has 140 valence electrons. The van der Waals surface area contributed by atoms with Gasteiger partial charge in [0.15, 0.2) is 18.1 Å². The molecule has 0 radical (unpaired) electrons. The highest BCUT2D eigenvalue weighted by atomic mass is 16.6. The predicted molar refractivity (Wildman–Crippen MR) is 96.3 cm³/mol. The van der Waals surface area contributed by atoms with Gasteiger partial charge in [-0.15, -0.1) is 0 Å². The Kier molecular flexibility index (Phi) is 5.55. The Morgan fingerprint density at radius 3 is 2.78 bits per heavy atom. The second-order valence-electron chi connectivity index (χ2n) is 5.75. The molecule has 8 nitrogen and oxygen atoms in total. The smallest absolute Gasteiger partial charge is 0.341 e. The number of fused-ring (bicyclic) bond motifs is 1. The number of benzene rings is 2. The highest BCUT2D eigenvalue weighted by molar-refractivity contribution is 5.99. The molecule has 0 aliphatic carbocycles. The van der Waals surface area contributed by atoms with Crippen molar-refractivity contribution in [2.45, 2.75) is 13.0 Å². The van der Waals surface area contributed by atoms with Crippen LogP contribution >= 0.6 is 0 Å². The van der Waals surface area contributed by atoms with Gasteiger partial charge >= 0.3 is 5.97 Å². The molecule has 1 aliphatic heterocycles. The van der Waals surface area contributed by atoms with Crippen molar-refractivity contribution in [1.82, 2.24) is 5.43 Å². The number of carbonyl (C=O) groups is 2. The lowest BCUT2D eigenvalue weighted by atomic mass is 10.1. The molecule has 2 aromatic carbocycles. The van der Waals surface area contributed by atoms with E-state index in [0.717, 1.165) is 0 Å². The lowest BCUT2D eigenvalue weighted by Crippen LogP contribution is -2.42. The first-order valence-electron chi connectivity index (χ1n) is 8.20. The van der Waals surface area contributed by atoms with Gasteiger partial charge in [-0.25, -0.2) is 10.2 Å². The van der Waals surface area contributed by atoms with Crippen LogP contribution in [0, 0.1) is 0 Å². The Bertz CT molecular complexity index is 880. The predicted octanol–water partition coefficient (Wildman–Crippen LogP) is 1.83. The summed E-state index contributed by atoms with van der Waals surface area (Å²) in [4.78, 5) is 22.9. The fraction of sp³-hybridized carbons (Fsp3) is 0.211. The van der Waals surface area contributed by atoms with E-state index < -0.39 is 24.6 Å². The third-order valence-corrected chi connectivity index (χ3v) is 3.75. The minimum Gasteiger partial charge on any atom is -0.485 e. The summed E-state index contributed by atoms with van der Waals surface area (Å²) in [5, 5.41) is 12.7. The molecule has 1 atom stereocenters. The van der Waals surface area contributed by atoms with Gasteiger partial charge in [0.05, 0.1) is 5.71 Å². The number of carbonyl (C=O) groups excluding carboxylic acids is 1. The summed E-state index contributed by atoms with van der Waals surface area (Å²) >= 11 is 0. The number of hydrazone groups is 1. The number of nitrogens with zero attached hydrogens (tertiary/aromatic N) is 1. The van der Waals surface area contributed by atoms with Crippen LogP contribution in [0.1, 0.15) is 12.5 Å². The summed E-state index contributed by atoms with van der Waals surface area (Å²) in [6.45, 7) is 1.37. The van der Waals surface area contributed by atoms with Crippen LogP contribution in [0.15, 0.2) is 53.6 Å². The Morgan fingerprint density at radius 2 is 2.00 bits per heavy atom. The maximum atomic E-state index is 12.3. The minimum atomic E-state index is -1.06. The Morgan fingerprint density at radius 1 is 1.22 bits per heavy atom. The van der Waals surface area contributed by atoms with Gasteiger partial charge in [0.2, 0.25) is 6.10 Å². The van der Waals surface area contributed by atoms with E-state index in [9.17, 15) is 9.59 Å². The zero-order valence-corrected chi connectivity index (χ0v) is 14.5. The van der Waals surface area contributed by atoms with E-state index in [0.29, 0.717) is 28.5 Å². The topological polar surface area (TPSA) is 106 Å². The van der Waals surface area contributed by atoms with E-state index in [-0.39, 0.29) is 6.61 Å². The first-order valence-corrected chi connectivity index (χ1v) is 8.20. The van der Waals surface area contributed by atoms with Crippen molar-refractivity contribution < 1.29 is 28.9 Å². The van der Waals surface area contributed by atoms with Crippen molar-refractivity contribution in [2.75, 3.05) is 13.2 Å². The molecule has 8 heteroatoms. The molecule has 1 heterocycles. The van der Waals surface area contributed by atoms with Crippen molar-refractivity contribution >= 4 is 17.6 Å². The molecule has 0 spiro atoms. The highest BCUT2D eigenvalue weighted by Crippen LogP contribution is 2.30. The highest BCUT2D eigenvalue weighted by Gasteiger charge is 2.27. The molecular formula is C19H18N2O6. The number of para-hydroxylation sites is 2. The maximum Gasteiger partial charge on any atom is 0.341 e. The van der Waals surface area contributed by atoms with Crippen LogP contribution in [0.5, 0.6) is 17.2 Å². The zero-order valence-electron chi connectivity index (χ0n) is 14.5. The molecule has 0 bridgehead atoms. The first-order chi connectivity index (χ1) is 13.0. The number of ether oxygens (including phenoxy) is 3. The minimum absolute atomic E-state index is 0.0932. The van der Waals surface area contributed by atoms with Crippen LogP contribution in [0.4, 0.5) is 0 Å². The van der Waals surface area contributed by atoms with Gasteiger partial charge in [-0.05, 0) is 31.2 Å². The van der Waals surface area contributed by atoms with Crippen LogP contribution in [-0.2, 0) is 9.59 Å². The molecule has 27 heavy (non-hydrogen) atoms. The molecular weight excluding hydrogens is 352 g/mol. The lowest BCUT2D eigenvalue weighted by molar-refractivity contribution is -0.139. The van der Waals surface area contributed by atoms with Crippen molar-refractivity contribution in [3.63, 3.8) is 0 Å². The number of carboxylic acids is 1. The van der Waals surface area contributed by atoms with E-state index in [1.165, 1.54) is 0 Å². The summed E-state index contributed by atoms with van der Waals surface area (Å²) < 4.78 is 16.3. The number of rotatable bonds is 6. The Labute approximate surface area is 155 Å².